The lowest BCUT2D eigenvalue weighted by molar-refractivity contribution is 0.0963. The van der Waals surface area contributed by atoms with E-state index in [1.54, 1.807) is 42.3 Å². The number of nitrogens with zero attached hydrogens (tertiary/aromatic N) is 2. The first kappa shape index (κ1) is 13.9. The predicted octanol–water partition coefficient (Wildman–Crippen LogP) is 2.03. The maximum Gasteiger partial charge on any atom is 0.251 e. The Labute approximate surface area is 117 Å². The number of anilines is 1. The van der Waals surface area contributed by atoms with Crippen LogP contribution in [0.4, 0.5) is 5.69 Å². The molecular formula is C14H18N4O2. The van der Waals surface area contributed by atoms with Gasteiger partial charge >= 0.3 is 0 Å². The highest BCUT2D eigenvalue weighted by Crippen LogP contribution is 2.28. The Morgan fingerprint density at radius 1 is 1.50 bits per heavy atom. The first-order valence-corrected chi connectivity index (χ1v) is 6.46. The first-order chi connectivity index (χ1) is 9.63. The molecule has 0 aliphatic heterocycles. The summed E-state index contributed by atoms with van der Waals surface area (Å²) in [4.78, 5) is 11.6. The summed E-state index contributed by atoms with van der Waals surface area (Å²) in [6.45, 7) is 2.91. The number of benzene rings is 1. The van der Waals surface area contributed by atoms with Crippen LogP contribution in [0.2, 0.25) is 0 Å². The van der Waals surface area contributed by atoms with Gasteiger partial charge in [-0.15, -0.1) is 0 Å². The van der Waals surface area contributed by atoms with E-state index in [2.05, 4.69) is 17.3 Å². The van der Waals surface area contributed by atoms with Gasteiger partial charge in [0.05, 0.1) is 18.1 Å². The van der Waals surface area contributed by atoms with Crippen LogP contribution in [0.15, 0.2) is 30.6 Å². The third kappa shape index (κ3) is 3.09. The van der Waals surface area contributed by atoms with E-state index in [9.17, 15) is 4.79 Å². The third-order valence-corrected chi connectivity index (χ3v) is 2.79. The Hall–Kier alpha value is -2.50. The highest BCUT2D eigenvalue weighted by atomic mass is 16.5. The molecule has 1 aromatic carbocycles. The van der Waals surface area contributed by atoms with Crippen LogP contribution in [0, 0.1) is 0 Å². The number of aryl methyl sites for hydroxylation is 1. The average molecular weight is 274 g/mol. The van der Waals surface area contributed by atoms with Crippen LogP contribution in [-0.2, 0) is 6.54 Å². The van der Waals surface area contributed by atoms with Gasteiger partial charge in [-0.05, 0) is 24.6 Å². The first-order valence-electron chi connectivity index (χ1n) is 6.46. The standard InChI is InChI=1S/C14H18N4O2/c1-3-6-18-9-11(8-17-18)20-13-7-10(14(19)16-2)4-5-12(13)15/h4-5,7-9H,3,6,15H2,1-2H3,(H,16,19). The Bertz CT molecular complexity index is 607. The van der Waals surface area contributed by atoms with Crippen LogP contribution in [0.1, 0.15) is 23.7 Å². The molecule has 6 heteroatoms. The van der Waals surface area contributed by atoms with Crippen LogP contribution in [0.5, 0.6) is 11.5 Å². The van der Waals surface area contributed by atoms with Gasteiger partial charge in [-0.3, -0.25) is 9.48 Å². The van der Waals surface area contributed by atoms with Gasteiger partial charge in [0.2, 0.25) is 0 Å². The van der Waals surface area contributed by atoms with Gasteiger partial charge in [0.1, 0.15) is 0 Å². The van der Waals surface area contributed by atoms with Crippen molar-refractivity contribution < 1.29 is 9.53 Å². The monoisotopic (exact) mass is 274 g/mol. The molecule has 0 aliphatic carbocycles. The summed E-state index contributed by atoms with van der Waals surface area (Å²) in [5.41, 5.74) is 6.83. The molecule has 0 radical (unpaired) electrons. The number of nitrogens with two attached hydrogens (primary N) is 1. The Kier molecular flexibility index (Phi) is 4.24. The fraction of sp³-hybridized carbons (Fsp3) is 0.286. The molecule has 0 spiro atoms. The molecule has 2 rings (SSSR count). The summed E-state index contributed by atoms with van der Waals surface area (Å²) in [7, 11) is 1.58. The molecule has 1 aromatic heterocycles. The van der Waals surface area contributed by atoms with Crippen molar-refractivity contribution in [3.63, 3.8) is 0 Å². The number of carbonyl (C=O) groups excluding carboxylic acids is 1. The highest BCUT2D eigenvalue weighted by molar-refractivity contribution is 5.95. The lowest BCUT2D eigenvalue weighted by Crippen LogP contribution is -2.17. The lowest BCUT2D eigenvalue weighted by atomic mass is 10.2. The van der Waals surface area contributed by atoms with Gasteiger partial charge in [0, 0.05) is 19.2 Å². The molecular weight excluding hydrogens is 256 g/mol. The third-order valence-electron chi connectivity index (χ3n) is 2.79. The van der Waals surface area contributed by atoms with Crippen molar-refractivity contribution >= 4 is 11.6 Å². The average Bonchev–Trinajstić information content (AvgIpc) is 2.88. The SMILES string of the molecule is CCCn1cc(Oc2cc(C(=O)NC)ccc2N)cn1. The van der Waals surface area contributed by atoms with E-state index in [-0.39, 0.29) is 5.91 Å². The second-order valence-electron chi connectivity index (χ2n) is 4.37. The van der Waals surface area contributed by atoms with E-state index < -0.39 is 0 Å². The number of amides is 1. The maximum absolute atomic E-state index is 11.6. The van der Waals surface area contributed by atoms with Gasteiger partial charge in [-0.2, -0.15) is 5.10 Å². The lowest BCUT2D eigenvalue weighted by Gasteiger charge is -2.08. The summed E-state index contributed by atoms with van der Waals surface area (Å²) >= 11 is 0. The number of rotatable bonds is 5. The number of ether oxygens (including phenoxy) is 1. The molecule has 1 heterocycles. The summed E-state index contributed by atoms with van der Waals surface area (Å²) in [5.74, 6) is 0.859. The molecule has 3 N–H and O–H groups in total. The molecule has 106 valence electrons. The van der Waals surface area contributed by atoms with Crippen molar-refractivity contribution in [3.8, 4) is 11.5 Å². The minimum atomic E-state index is -0.184. The van der Waals surface area contributed by atoms with E-state index in [0.29, 0.717) is 22.7 Å². The van der Waals surface area contributed by atoms with Crippen LogP contribution >= 0.6 is 0 Å². The van der Waals surface area contributed by atoms with Crippen molar-refractivity contribution in [1.82, 2.24) is 15.1 Å². The van der Waals surface area contributed by atoms with Crippen LogP contribution in [-0.4, -0.2) is 22.7 Å². The Balaban J connectivity index is 2.20. The van der Waals surface area contributed by atoms with Gasteiger partial charge in [0.25, 0.3) is 5.91 Å². The van der Waals surface area contributed by atoms with Crippen molar-refractivity contribution in [2.45, 2.75) is 19.9 Å². The molecule has 0 saturated heterocycles. The topological polar surface area (TPSA) is 82.2 Å². The van der Waals surface area contributed by atoms with Crippen LogP contribution < -0.4 is 15.8 Å². The number of nitrogen functional groups attached to an aromatic ring is 1. The second-order valence-corrected chi connectivity index (χ2v) is 4.37. The van der Waals surface area contributed by atoms with Crippen molar-refractivity contribution in [2.24, 2.45) is 0 Å². The molecule has 0 aliphatic rings. The van der Waals surface area contributed by atoms with E-state index in [0.717, 1.165) is 13.0 Å². The quantitative estimate of drug-likeness (QED) is 0.817. The molecule has 2 aromatic rings. The zero-order valence-electron chi connectivity index (χ0n) is 11.6. The van der Waals surface area contributed by atoms with Gasteiger partial charge < -0.3 is 15.8 Å². The van der Waals surface area contributed by atoms with Crippen molar-refractivity contribution in [2.75, 3.05) is 12.8 Å². The molecule has 1 amide bonds. The summed E-state index contributed by atoms with van der Waals surface area (Å²) in [6, 6.07) is 4.92. The smallest absolute Gasteiger partial charge is 0.251 e. The predicted molar refractivity (Wildman–Crippen MR) is 76.8 cm³/mol. The number of carbonyl (C=O) groups is 1. The molecule has 0 fully saturated rings. The fourth-order valence-corrected chi connectivity index (χ4v) is 1.78. The van der Waals surface area contributed by atoms with Crippen LogP contribution in [0.25, 0.3) is 0 Å². The fourth-order valence-electron chi connectivity index (χ4n) is 1.78. The minimum Gasteiger partial charge on any atom is -0.452 e. The summed E-state index contributed by atoms with van der Waals surface area (Å²) in [5, 5.41) is 6.74. The van der Waals surface area contributed by atoms with E-state index >= 15 is 0 Å². The highest BCUT2D eigenvalue weighted by Gasteiger charge is 2.09. The van der Waals surface area contributed by atoms with Gasteiger partial charge in [-0.25, -0.2) is 0 Å². The Morgan fingerprint density at radius 2 is 2.30 bits per heavy atom. The zero-order valence-corrected chi connectivity index (χ0v) is 11.6. The van der Waals surface area contributed by atoms with Crippen LogP contribution in [0.3, 0.4) is 0 Å². The second kappa shape index (κ2) is 6.10. The van der Waals surface area contributed by atoms with Crippen molar-refractivity contribution in [1.29, 1.82) is 0 Å². The zero-order chi connectivity index (χ0) is 14.5. The normalized spacial score (nSPS) is 10.3. The molecule has 0 unspecified atom stereocenters. The number of nitrogens with one attached hydrogen (secondary N) is 1. The summed E-state index contributed by atoms with van der Waals surface area (Å²) < 4.78 is 7.48. The number of hydrogen-bond acceptors (Lipinski definition) is 4. The number of hydrogen-bond donors (Lipinski definition) is 2. The van der Waals surface area contributed by atoms with E-state index in [1.165, 1.54) is 0 Å². The molecule has 0 saturated carbocycles. The molecule has 6 nitrogen and oxygen atoms in total. The van der Waals surface area contributed by atoms with Gasteiger partial charge in [0.15, 0.2) is 11.5 Å². The molecule has 0 atom stereocenters. The minimum absolute atomic E-state index is 0.184. The Morgan fingerprint density at radius 3 is 3.00 bits per heavy atom. The summed E-state index contributed by atoms with van der Waals surface area (Å²) in [6.07, 6.45) is 4.42. The molecule has 20 heavy (non-hydrogen) atoms. The molecule has 0 bridgehead atoms. The van der Waals surface area contributed by atoms with Gasteiger partial charge in [-0.1, -0.05) is 6.92 Å². The maximum atomic E-state index is 11.6. The van der Waals surface area contributed by atoms with E-state index in [1.807, 2.05) is 0 Å². The van der Waals surface area contributed by atoms with E-state index in [4.69, 9.17) is 10.5 Å². The van der Waals surface area contributed by atoms with Crippen molar-refractivity contribution in [3.05, 3.63) is 36.2 Å². The number of aromatic nitrogens is 2. The largest absolute Gasteiger partial charge is 0.452 e.